The van der Waals surface area contributed by atoms with Crippen molar-refractivity contribution in [3.05, 3.63) is 29.8 Å². The lowest BCUT2D eigenvalue weighted by molar-refractivity contribution is -0.119. The molecule has 0 aromatic heterocycles. The van der Waals surface area contributed by atoms with E-state index in [1.807, 2.05) is 24.3 Å². The van der Waals surface area contributed by atoms with Gasteiger partial charge < -0.3 is 15.8 Å². The van der Waals surface area contributed by atoms with Crippen molar-refractivity contribution in [2.45, 2.75) is 24.6 Å². The number of rotatable bonds is 7. The third-order valence-electron chi connectivity index (χ3n) is 3.03. The second kappa shape index (κ2) is 7.40. The molecule has 1 saturated heterocycles. The highest BCUT2D eigenvalue weighted by atomic mass is 32.2. The van der Waals surface area contributed by atoms with E-state index in [4.69, 9.17) is 10.5 Å². The summed E-state index contributed by atoms with van der Waals surface area (Å²) in [6, 6.07) is 7.74. The number of carbonyl (C=O) groups is 1. The van der Waals surface area contributed by atoms with Gasteiger partial charge in [0.05, 0.1) is 0 Å². The molecule has 1 atom stereocenters. The highest BCUT2D eigenvalue weighted by Crippen LogP contribution is 2.25. The van der Waals surface area contributed by atoms with Crippen LogP contribution in [0.2, 0.25) is 0 Å². The van der Waals surface area contributed by atoms with Gasteiger partial charge in [-0.2, -0.15) is 11.8 Å². The Bertz CT molecular complexity index is 402. The smallest absolute Gasteiger partial charge is 0.255 e. The Hall–Kier alpha value is -1.20. The zero-order chi connectivity index (χ0) is 13.5. The van der Waals surface area contributed by atoms with Crippen molar-refractivity contribution in [2.24, 2.45) is 5.73 Å². The molecule has 1 aromatic rings. The average molecular weight is 280 g/mol. The second-order valence-electron chi connectivity index (χ2n) is 4.66. The number of carbonyl (C=O) groups excluding carboxylic acids is 1. The molecule has 1 unspecified atom stereocenters. The maximum atomic E-state index is 10.6. The van der Waals surface area contributed by atoms with Crippen LogP contribution in [0.1, 0.15) is 18.4 Å². The van der Waals surface area contributed by atoms with Crippen LogP contribution >= 0.6 is 11.8 Å². The number of hydrogen-bond acceptors (Lipinski definition) is 4. The number of benzene rings is 1. The van der Waals surface area contributed by atoms with Crippen molar-refractivity contribution in [1.29, 1.82) is 0 Å². The topological polar surface area (TPSA) is 64.4 Å². The summed E-state index contributed by atoms with van der Waals surface area (Å²) in [6.45, 7) is 1.87. The molecule has 1 aliphatic rings. The first-order valence-electron chi connectivity index (χ1n) is 6.56. The van der Waals surface area contributed by atoms with E-state index in [0.717, 1.165) is 18.3 Å². The van der Waals surface area contributed by atoms with Gasteiger partial charge in [-0.1, -0.05) is 12.1 Å². The van der Waals surface area contributed by atoms with Crippen LogP contribution in [-0.2, 0) is 11.3 Å². The van der Waals surface area contributed by atoms with Crippen molar-refractivity contribution < 1.29 is 9.53 Å². The SMILES string of the molecule is NC(=O)COc1ccc(CNCC2CCCS2)cc1. The monoisotopic (exact) mass is 280 g/mol. The van der Waals surface area contributed by atoms with E-state index in [-0.39, 0.29) is 6.61 Å². The lowest BCUT2D eigenvalue weighted by Crippen LogP contribution is -2.22. The first-order chi connectivity index (χ1) is 9.24. The Morgan fingerprint density at radius 3 is 2.84 bits per heavy atom. The number of nitrogens with one attached hydrogen (secondary N) is 1. The normalized spacial score (nSPS) is 18.4. The first kappa shape index (κ1) is 14.2. The second-order valence-corrected chi connectivity index (χ2v) is 6.07. The van der Waals surface area contributed by atoms with E-state index in [1.54, 1.807) is 0 Å². The van der Waals surface area contributed by atoms with Crippen molar-refractivity contribution in [3.8, 4) is 5.75 Å². The molecule has 1 amide bonds. The van der Waals surface area contributed by atoms with Gasteiger partial charge in [0.25, 0.3) is 5.91 Å². The van der Waals surface area contributed by atoms with E-state index < -0.39 is 5.91 Å². The lowest BCUT2D eigenvalue weighted by atomic mass is 10.2. The average Bonchev–Trinajstić information content (AvgIpc) is 2.91. The van der Waals surface area contributed by atoms with Crippen LogP contribution in [-0.4, -0.2) is 30.1 Å². The third-order valence-corrected chi connectivity index (χ3v) is 4.43. The number of hydrogen-bond donors (Lipinski definition) is 2. The van der Waals surface area contributed by atoms with E-state index in [0.29, 0.717) is 5.75 Å². The van der Waals surface area contributed by atoms with Crippen LogP contribution in [0.3, 0.4) is 0 Å². The molecule has 5 heteroatoms. The van der Waals surface area contributed by atoms with Gasteiger partial charge in [0.2, 0.25) is 0 Å². The number of primary amides is 1. The molecule has 1 aromatic carbocycles. The van der Waals surface area contributed by atoms with Gasteiger partial charge in [0, 0.05) is 18.3 Å². The summed E-state index contributed by atoms with van der Waals surface area (Å²) >= 11 is 2.06. The molecule has 4 nitrogen and oxygen atoms in total. The number of thioether (sulfide) groups is 1. The maximum absolute atomic E-state index is 10.6. The molecular weight excluding hydrogens is 260 g/mol. The number of ether oxygens (including phenoxy) is 1. The van der Waals surface area contributed by atoms with Crippen molar-refractivity contribution in [1.82, 2.24) is 5.32 Å². The van der Waals surface area contributed by atoms with Crippen LogP contribution in [0.25, 0.3) is 0 Å². The van der Waals surface area contributed by atoms with E-state index in [1.165, 1.54) is 24.2 Å². The molecule has 0 saturated carbocycles. The fraction of sp³-hybridized carbons (Fsp3) is 0.500. The molecule has 2 rings (SSSR count). The molecule has 0 spiro atoms. The molecule has 1 heterocycles. The van der Waals surface area contributed by atoms with Gasteiger partial charge >= 0.3 is 0 Å². The van der Waals surface area contributed by atoms with Gasteiger partial charge in [-0.3, -0.25) is 4.79 Å². The minimum Gasteiger partial charge on any atom is -0.484 e. The summed E-state index contributed by atoms with van der Waals surface area (Å²) in [7, 11) is 0. The van der Waals surface area contributed by atoms with Gasteiger partial charge in [-0.15, -0.1) is 0 Å². The standard InChI is InChI=1S/C14H20N2O2S/c15-14(17)10-18-12-5-3-11(4-6-12)8-16-9-13-2-1-7-19-13/h3-6,13,16H,1-2,7-10H2,(H2,15,17). The largest absolute Gasteiger partial charge is 0.484 e. The maximum Gasteiger partial charge on any atom is 0.255 e. The van der Waals surface area contributed by atoms with Crippen molar-refractivity contribution >= 4 is 17.7 Å². The van der Waals surface area contributed by atoms with Crippen LogP contribution in [0, 0.1) is 0 Å². The first-order valence-corrected chi connectivity index (χ1v) is 7.61. The van der Waals surface area contributed by atoms with E-state index >= 15 is 0 Å². The van der Waals surface area contributed by atoms with Crippen LogP contribution in [0.15, 0.2) is 24.3 Å². The summed E-state index contributed by atoms with van der Waals surface area (Å²) in [6.07, 6.45) is 2.68. The Morgan fingerprint density at radius 2 is 2.21 bits per heavy atom. The molecular formula is C14H20N2O2S. The number of nitrogens with two attached hydrogens (primary N) is 1. The van der Waals surface area contributed by atoms with Gasteiger partial charge in [0.15, 0.2) is 6.61 Å². The summed E-state index contributed by atoms with van der Waals surface area (Å²) in [5.74, 6) is 1.52. The van der Waals surface area contributed by atoms with E-state index in [9.17, 15) is 4.79 Å². The molecule has 19 heavy (non-hydrogen) atoms. The van der Waals surface area contributed by atoms with Crippen molar-refractivity contribution in [3.63, 3.8) is 0 Å². The summed E-state index contributed by atoms with van der Waals surface area (Å²) < 4.78 is 5.21. The molecule has 0 aliphatic carbocycles. The Balaban J connectivity index is 1.70. The highest BCUT2D eigenvalue weighted by Gasteiger charge is 2.14. The summed E-state index contributed by atoms with van der Waals surface area (Å²) in [5, 5.41) is 4.25. The van der Waals surface area contributed by atoms with E-state index in [2.05, 4.69) is 17.1 Å². The predicted octanol–water partition coefficient (Wildman–Crippen LogP) is 1.54. The van der Waals surface area contributed by atoms with Crippen molar-refractivity contribution in [2.75, 3.05) is 18.9 Å². The molecule has 0 bridgehead atoms. The molecule has 3 N–H and O–H groups in total. The predicted molar refractivity (Wildman–Crippen MR) is 78.3 cm³/mol. The highest BCUT2D eigenvalue weighted by molar-refractivity contribution is 8.00. The minimum atomic E-state index is -0.459. The quantitative estimate of drug-likeness (QED) is 0.795. The fourth-order valence-corrected chi connectivity index (χ4v) is 3.28. The van der Waals surface area contributed by atoms with Crippen LogP contribution < -0.4 is 15.8 Å². The zero-order valence-electron chi connectivity index (χ0n) is 10.9. The Kier molecular flexibility index (Phi) is 5.54. The van der Waals surface area contributed by atoms with Gasteiger partial charge in [-0.05, 0) is 36.3 Å². The summed E-state index contributed by atoms with van der Waals surface area (Å²) in [5.41, 5.74) is 6.24. The summed E-state index contributed by atoms with van der Waals surface area (Å²) in [4.78, 5) is 10.6. The lowest BCUT2D eigenvalue weighted by Gasteiger charge is -2.10. The number of amides is 1. The Labute approximate surface area is 118 Å². The minimum absolute atomic E-state index is 0.0729. The molecule has 0 radical (unpaired) electrons. The molecule has 1 aliphatic heterocycles. The Morgan fingerprint density at radius 1 is 1.42 bits per heavy atom. The van der Waals surface area contributed by atoms with Gasteiger partial charge in [0.1, 0.15) is 5.75 Å². The third kappa shape index (κ3) is 5.12. The fourth-order valence-electron chi connectivity index (χ4n) is 2.04. The zero-order valence-corrected chi connectivity index (χ0v) is 11.7. The molecule has 104 valence electrons. The molecule has 1 fully saturated rings. The van der Waals surface area contributed by atoms with Crippen LogP contribution in [0.4, 0.5) is 0 Å². The van der Waals surface area contributed by atoms with Crippen LogP contribution in [0.5, 0.6) is 5.75 Å². The van der Waals surface area contributed by atoms with Gasteiger partial charge in [-0.25, -0.2) is 0 Å².